The van der Waals surface area contributed by atoms with Gasteiger partial charge in [-0.25, -0.2) is 4.79 Å². The highest BCUT2D eigenvalue weighted by Gasteiger charge is 2.18. The highest BCUT2D eigenvalue weighted by molar-refractivity contribution is 5.89. The SMILES string of the molecule is Cc1cccc(NC(=O)N2CCCC(C)CC2)c1. The van der Waals surface area contributed by atoms with E-state index in [4.69, 9.17) is 0 Å². The summed E-state index contributed by atoms with van der Waals surface area (Å²) in [5.41, 5.74) is 2.05. The minimum atomic E-state index is 0.0368. The first-order valence-electron chi connectivity index (χ1n) is 6.78. The Hall–Kier alpha value is -1.51. The van der Waals surface area contributed by atoms with Gasteiger partial charge in [-0.05, 0) is 49.8 Å². The number of aryl methyl sites for hydroxylation is 1. The van der Waals surface area contributed by atoms with Crippen LogP contribution in [-0.2, 0) is 0 Å². The Balaban J connectivity index is 1.95. The number of nitrogens with one attached hydrogen (secondary N) is 1. The van der Waals surface area contributed by atoms with Gasteiger partial charge in [0.05, 0.1) is 0 Å². The van der Waals surface area contributed by atoms with Crippen molar-refractivity contribution in [1.29, 1.82) is 0 Å². The molecule has 0 saturated carbocycles. The number of hydrogen-bond donors (Lipinski definition) is 1. The maximum absolute atomic E-state index is 12.2. The molecule has 2 rings (SSSR count). The molecule has 1 unspecified atom stereocenters. The molecule has 98 valence electrons. The molecule has 0 spiro atoms. The van der Waals surface area contributed by atoms with Crippen LogP contribution in [0.5, 0.6) is 0 Å². The first-order chi connectivity index (χ1) is 8.65. The number of amides is 2. The number of benzene rings is 1. The topological polar surface area (TPSA) is 32.3 Å². The third-order valence-corrected chi connectivity index (χ3v) is 3.57. The standard InChI is InChI=1S/C15H22N2O/c1-12-6-4-9-17(10-8-12)15(18)16-14-7-3-5-13(2)11-14/h3,5,7,11-12H,4,6,8-10H2,1-2H3,(H,16,18). The van der Waals surface area contributed by atoms with E-state index in [0.29, 0.717) is 0 Å². The quantitative estimate of drug-likeness (QED) is 0.806. The van der Waals surface area contributed by atoms with E-state index in [-0.39, 0.29) is 6.03 Å². The molecule has 1 saturated heterocycles. The van der Waals surface area contributed by atoms with E-state index in [1.807, 2.05) is 36.1 Å². The lowest BCUT2D eigenvalue weighted by atomic mass is 10.0. The summed E-state index contributed by atoms with van der Waals surface area (Å²) in [4.78, 5) is 14.1. The summed E-state index contributed by atoms with van der Waals surface area (Å²) in [6.45, 7) is 6.05. The monoisotopic (exact) mass is 246 g/mol. The summed E-state index contributed by atoms with van der Waals surface area (Å²) in [5.74, 6) is 0.738. The zero-order chi connectivity index (χ0) is 13.0. The molecule has 2 amide bonds. The number of hydrogen-bond acceptors (Lipinski definition) is 1. The largest absolute Gasteiger partial charge is 0.325 e. The van der Waals surface area contributed by atoms with E-state index in [1.165, 1.54) is 6.42 Å². The van der Waals surface area contributed by atoms with Crippen LogP contribution in [0.15, 0.2) is 24.3 Å². The number of nitrogens with zero attached hydrogens (tertiary/aromatic N) is 1. The second-order valence-electron chi connectivity index (χ2n) is 5.32. The van der Waals surface area contributed by atoms with Gasteiger partial charge in [-0.1, -0.05) is 19.1 Å². The number of carbonyl (C=O) groups excluding carboxylic acids is 1. The fraction of sp³-hybridized carbons (Fsp3) is 0.533. The molecule has 3 nitrogen and oxygen atoms in total. The van der Waals surface area contributed by atoms with Gasteiger partial charge in [0.25, 0.3) is 0 Å². The smallest absolute Gasteiger partial charge is 0.321 e. The minimum absolute atomic E-state index is 0.0368. The zero-order valence-corrected chi connectivity index (χ0v) is 11.3. The first-order valence-corrected chi connectivity index (χ1v) is 6.78. The van der Waals surface area contributed by atoms with Crippen molar-refractivity contribution in [1.82, 2.24) is 4.90 Å². The number of urea groups is 1. The van der Waals surface area contributed by atoms with E-state index >= 15 is 0 Å². The Bertz CT molecular complexity index is 417. The lowest BCUT2D eigenvalue weighted by Crippen LogP contribution is -2.35. The van der Waals surface area contributed by atoms with Crippen LogP contribution in [0.2, 0.25) is 0 Å². The highest BCUT2D eigenvalue weighted by atomic mass is 16.2. The Morgan fingerprint density at radius 1 is 1.33 bits per heavy atom. The van der Waals surface area contributed by atoms with Crippen LogP contribution in [0.1, 0.15) is 31.7 Å². The van der Waals surface area contributed by atoms with Crippen LogP contribution < -0.4 is 5.32 Å². The van der Waals surface area contributed by atoms with Gasteiger partial charge < -0.3 is 10.2 Å². The predicted octanol–water partition coefficient (Wildman–Crippen LogP) is 3.65. The molecule has 1 aliphatic rings. The van der Waals surface area contributed by atoms with Crippen molar-refractivity contribution < 1.29 is 4.79 Å². The van der Waals surface area contributed by atoms with Gasteiger partial charge in [-0.3, -0.25) is 0 Å². The van der Waals surface area contributed by atoms with Crippen LogP contribution >= 0.6 is 0 Å². The third-order valence-electron chi connectivity index (χ3n) is 3.57. The van der Waals surface area contributed by atoms with E-state index in [2.05, 4.69) is 12.2 Å². The molecule has 0 radical (unpaired) electrons. The fourth-order valence-corrected chi connectivity index (χ4v) is 2.39. The number of carbonyl (C=O) groups is 1. The summed E-state index contributed by atoms with van der Waals surface area (Å²) in [6, 6.07) is 7.97. The predicted molar refractivity (Wildman–Crippen MR) is 74.8 cm³/mol. The Kier molecular flexibility index (Phi) is 4.24. The minimum Gasteiger partial charge on any atom is -0.325 e. The number of likely N-dealkylation sites (tertiary alicyclic amines) is 1. The van der Waals surface area contributed by atoms with Crippen LogP contribution in [-0.4, -0.2) is 24.0 Å². The Labute approximate surface area is 109 Å². The second kappa shape index (κ2) is 5.89. The molecular formula is C15H22N2O. The van der Waals surface area contributed by atoms with Crippen molar-refractivity contribution in [2.24, 2.45) is 5.92 Å². The molecule has 1 aromatic rings. The van der Waals surface area contributed by atoms with Crippen molar-refractivity contribution in [2.45, 2.75) is 33.1 Å². The van der Waals surface area contributed by atoms with Crippen LogP contribution in [0.4, 0.5) is 10.5 Å². The van der Waals surface area contributed by atoms with Crippen molar-refractivity contribution >= 4 is 11.7 Å². The molecule has 1 atom stereocenters. The van der Waals surface area contributed by atoms with Crippen molar-refractivity contribution in [2.75, 3.05) is 18.4 Å². The summed E-state index contributed by atoms with van der Waals surface area (Å²) in [7, 11) is 0. The number of anilines is 1. The normalized spacial score (nSPS) is 20.3. The maximum Gasteiger partial charge on any atom is 0.321 e. The summed E-state index contributed by atoms with van der Waals surface area (Å²) in [5, 5.41) is 2.98. The maximum atomic E-state index is 12.2. The molecule has 1 fully saturated rings. The van der Waals surface area contributed by atoms with Crippen molar-refractivity contribution in [3.63, 3.8) is 0 Å². The van der Waals surface area contributed by atoms with Gasteiger partial charge in [-0.2, -0.15) is 0 Å². The van der Waals surface area contributed by atoms with Crippen LogP contribution in [0.25, 0.3) is 0 Å². The molecular weight excluding hydrogens is 224 g/mol. The van der Waals surface area contributed by atoms with Gasteiger partial charge >= 0.3 is 6.03 Å². The van der Waals surface area contributed by atoms with Gasteiger partial charge in [-0.15, -0.1) is 0 Å². The molecule has 18 heavy (non-hydrogen) atoms. The van der Waals surface area contributed by atoms with Crippen molar-refractivity contribution in [3.8, 4) is 0 Å². The molecule has 0 aliphatic carbocycles. The Morgan fingerprint density at radius 3 is 2.94 bits per heavy atom. The highest BCUT2D eigenvalue weighted by Crippen LogP contribution is 2.17. The zero-order valence-electron chi connectivity index (χ0n) is 11.3. The third kappa shape index (κ3) is 3.49. The van der Waals surface area contributed by atoms with E-state index in [0.717, 1.165) is 43.1 Å². The van der Waals surface area contributed by atoms with E-state index in [9.17, 15) is 4.79 Å². The lowest BCUT2D eigenvalue weighted by Gasteiger charge is -2.21. The second-order valence-corrected chi connectivity index (χ2v) is 5.32. The molecule has 1 aliphatic heterocycles. The lowest BCUT2D eigenvalue weighted by molar-refractivity contribution is 0.213. The summed E-state index contributed by atoms with van der Waals surface area (Å²) < 4.78 is 0. The van der Waals surface area contributed by atoms with E-state index in [1.54, 1.807) is 0 Å². The van der Waals surface area contributed by atoms with Crippen LogP contribution in [0, 0.1) is 12.8 Å². The van der Waals surface area contributed by atoms with Gasteiger partial charge in [0.2, 0.25) is 0 Å². The summed E-state index contributed by atoms with van der Waals surface area (Å²) >= 11 is 0. The molecule has 1 heterocycles. The van der Waals surface area contributed by atoms with Gasteiger partial charge in [0.1, 0.15) is 0 Å². The molecule has 0 bridgehead atoms. The van der Waals surface area contributed by atoms with Gasteiger partial charge in [0, 0.05) is 18.8 Å². The fourth-order valence-electron chi connectivity index (χ4n) is 2.39. The first kappa shape index (κ1) is 12.9. The molecule has 0 aromatic heterocycles. The molecule has 3 heteroatoms. The average Bonchev–Trinajstić information content (AvgIpc) is 2.54. The summed E-state index contributed by atoms with van der Waals surface area (Å²) in [6.07, 6.45) is 3.46. The molecule has 1 N–H and O–H groups in total. The molecule has 1 aromatic carbocycles. The number of rotatable bonds is 1. The van der Waals surface area contributed by atoms with E-state index < -0.39 is 0 Å². The Morgan fingerprint density at radius 2 is 2.17 bits per heavy atom. The van der Waals surface area contributed by atoms with Crippen LogP contribution in [0.3, 0.4) is 0 Å². The van der Waals surface area contributed by atoms with Crippen molar-refractivity contribution in [3.05, 3.63) is 29.8 Å². The van der Waals surface area contributed by atoms with Gasteiger partial charge in [0.15, 0.2) is 0 Å². The average molecular weight is 246 g/mol.